The molecule has 2 aromatic rings. The maximum Gasteiger partial charge on any atom is 0.347 e. The summed E-state index contributed by atoms with van der Waals surface area (Å²) in [5.74, 6) is 0. The first-order valence-electron chi connectivity index (χ1n) is 3.11. The maximum absolute atomic E-state index is 11.0. The van der Waals surface area contributed by atoms with Crippen LogP contribution in [0.3, 0.4) is 0 Å². The first kappa shape index (κ1) is 6.54. The third-order valence-electron chi connectivity index (χ3n) is 1.39. The third kappa shape index (κ3) is 0.952. The van der Waals surface area contributed by atoms with Gasteiger partial charge >= 0.3 is 5.63 Å². The molecule has 56 valence electrons. The molecule has 0 saturated heterocycles. The highest BCUT2D eigenvalue weighted by atomic mass is 32.1. The molecule has 0 aliphatic rings. The minimum Gasteiger partial charge on any atom is -0.411 e. The summed E-state index contributed by atoms with van der Waals surface area (Å²) in [7, 11) is 0. The summed E-state index contributed by atoms with van der Waals surface area (Å²) in [6.45, 7) is 1.94. The molecule has 0 amide bonds. The predicted octanol–water partition coefficient (Wildman–Crippen LogP) is 1.56. The Bertz CT molecular complexity index is 443. The summed E-state index contributed by atoms with van der Waals surface area (Å²) in [5, 5.41) is 0.579. The second-order valence-electron chi connectivity index (χ2n) is 2.22. The molecule has 0 atom stereocenters. The molecule has 0 unspecified atom stereocenters. The smallest absolute Gasteiger partial charge is 0.347 e. The summed E-state index contributed by atoms with van der Waals surface area (Å²) in [6.07, 6.45) is 1.18. The standard InChI is InChI=1S/C7H5NO2S/c1-4-2-5-6(11-4)8-3-10-7(5)9/h2-3H,1H3. The number of aryl methyl sites for hydroxylation is 1. The maximum atomic E-state index is 11.0. The first-order chi connectivity index (χ1) is 5.27. The summed E-state index contributed by atoms with van der Waals surface area (Å²) in [5.41, 5.74) is -0.306. The van der Waals surface area contributed by atoms with Crippen molar-refractivity contribution in [2.45, 2.75) is 6.92 Å². The normalized spacial score (nSPS) is 10.6. The monoisotopic (exact) mass is 167 g/mol. The molecule has 11 heavy (non-hydrogen) atoms. The Hall–Kier alpha value is -1.16. The van der Waals surface area contributed by atoms with E-state index in [9.17, 15) is 4.79 Å². The van der Waals surface area contributed by atoms with Crippen LogP contribution in [0.4, 0.5) is 0 Å². The highest BCUT2D eigenvalue weighted by Gasteiger charge is 2.02. The van der Waals surface area contributed by atoms with E-state index in [2.05, 4.69) is 9.40 Å². The van der Waals surface area contributed by atoms with Gasteiger partial charge in [0.2, 0.25) is 0 Å². The molecule has 0 N–H and O–H groups in total. The van der Waals surface area contributed by atoms with E-state index in [4.69, 9.17) is 0 Å². The summed E-state index contributed by atoms with van der Waals surface area (Å²) < 4.78 is 4.59. The van der Waals surface area contributed by atoms with Crippen LogP contribution in [0, 0.1) is 6.92 Å². The van der Waals surface area contributed by atoms with Crippen LogP contribution in [0.5, 0.6) is 0 Å². The van der Waals surface area contributed by atoms with Crippen LogP contribution in [0.2, 0.25) is 0 Å². The van der Waals surface area contributed by atoms with Crippen LogP contribution in [-0.4, -0.2) is 4.98 Å². The molecule has 0 aromatic carbocycles. The molecule has 0 aliphatic heterocycles. The summed E-state index contributed by atoms with van der Waals surface area (Å²) >= 11 is 1.50. The van der Waals surface area contributed by atoms with Crippen molar-refractivity contribution >= 4 is 21.6 Å². The van der Waals surface area contributed by atoms with Gasteiger partial charge in [-0.2, -0.15) is 0 Å². The first-order valence-corrected chi connectivity index (χ1v) is 3.93. The van der Waals surface area contributed by atoms with Gasteiger partial charge in [0, 0.05) is 4.88 Å². The van der Waals surface area contributed by atoms with E-state index in [1.807, 2.05) is 6.92 Å². The lowest BCUT2D eigenvalue weighted by atomic mass is 10.4. The van der Waals surface area contributed by atoms with Gasteiger partial charge in [0.25, 0.3) is 0 Å². The van der Waals surface area contributed by atoms with Crippen LogP contribution in [-0.2, 0) is 0 Å². The zero-order chi connectivity index (χ0) is 7.84. The van der Waals surface area contributed by atoms with Gasteiger partial charge in [0.1, 0.15) is 4.83 Å². The Labute approximate surface area is 66.3 Å². The molecule has 4 heteroatoms. The topological polar surface area (TPSA) is 43.1 Å². The fraction of sp³-hybridized carbons (Fsp3) is 0.143. The van der Waals surface area contributed by atoms with Crippen LogP contribution < -0.4 is 5.63 Å². The lowest BCUT2D eigenvalue weighted by Crippen LogP contribution is -1.96. The van der Waals surface area contributed by atoms with Crippen LogP contribution in [0.15, 0.2) is 21.7 Å². The zero-order valence-electron chi connectivity index (χ0n) is 5.83. The molecular formula is C7H5NO2S. The van der Waals surface area contributed by atoms with E-state index < -0.39 is 0 Å². The Balaban J connectivity index is 3.02. The van der Waals surface area contributed by atoms with Crippen molar-refractivity contribution in [1.29, 1.82) is 0 Å². The fourth-order valence-electron chi connectivity index (χ4n) is 0.930. The van der Waals surface area contributed by atoms with Gasteiger partial charge in [-0.1, -0.05) is 0 Å². The Morgan fingerprint density at radius 2 is 2.45 bits per heavy atom. The lowest BCUT2D eigenvalue weighted by molar-refractivity contribution is 0.502. The van der Waals surface area contributed by atoms with E-state index in [1.54, 1.807) is 6.07 Å². The largest absolute Gasteiger partial charge is 0.411 e. The molecule has 2 aromatic heterocycles. The minimum atomic E-state index is -0.306. The molecule has 0 saturated carbocycles. The average molecular weight is 167 g/mol. The third-order valence-corrected chi connectivity index (χ3v) is 2.34. The lowest BCUT2D eigenvalue weighted by Gasteiger charge is -1.81. The SMILES string of the molecule is Cc1cc2c(=O)ocnc2s1. The van der Waals surface area contributed by atoms with E-state index in [-0.39, 0.29) is 5.63 Å². The number of rotatable bonds is 0. The molecule has 0 spiro atoms. The molecule has 2 heterocycles. The van der Waals surface area contributed by atoms with Crippen molar-refractivity contribution in [3.05, 3.63) is 27.8 Å². The fourth-order valence-corrected chi connectivity index (χ4v) is 1.76. The van der Waals surface area contributed by atoms with Crippen LogP contribution >= 0.6 is 11.3 Å². The van der Waals surface area contributed by atoms with Gasteiger partial charge in [-0.25, -0.2) is 9.78 Å². The Kier molecular flexibility index (Phi) is 1.29. The van der Waals surface area contributed by atoms with Gasteiger partial charge in [-0.15, -0.1) is 11.3 Å². The van der Waals surface area contributed by atoms with Gasteiger partial charge < -0.3 is 4.42 Å². The second kappa shape index (κ2) is 2.17. The van der Waals surface area contributed by atoms with Gasteiger partial charge in [0.15, 0.2) is 6.39 Å². The van der Waals surface area contributed by atoms with Gasteiger partial charge in [-0.3, -0.25) is 0 Å². The van der Waals surface area contributed by atoms with Crippen molar-refractivity contribution in [3.63, 3.8) is 0 Å². The van der Waals surface area contributed by atoms with E-state index in [0.717, 1.165) is 9.71 Å². The Morgan fingerprint density at radius 1 is 1.64 bits per heavy atom. The van der Waals surface area contributed by atoms with Crippen LogP contribution in [0.25, 0.3) is 10.2 Å². The number of hydrogen-bond donors (Lipinski definition) is 0. The summed E-state index contributed by atoms with van der Waals surface area (Å²) in [6, 6.07) is 1.79. The van der Waals surface area contributed by atoms with E-state index in [0.29, 0.717) is 5.39 Å². The number of aromatic nitrogens is 1. The molecule has 2 rings (SSSR count). The van der Waals surface area contributed by atoms with Crippen molar-refractivity contribution in [3.8, 4) is 0 Å². The molecule has 0 radical (unpaired) electrons. The second-order valence-corrected chi connectivity index (χ2v) is 3.45. The number of hydrogen-bond acceptors (Lipinski definition) is 4. The molecule has 0 aliphatic carbocycles. The quantitative estimate of drug-likeness (QED) is 0.598. The molecule has 0 bridgehead atoms. The zero-order valence-corrected chi connectivity index (χ0v) is 6.64. The minimum absolute atomic E-state index is 0.306. The van der Waals surface area contributed by atoms with Gasteiger partial charge in [0.05, 0.1) is 5.39 Å². The molecule has 0 fully saturated rings. The van der Waals surface area contributed by atoms with E-state index >= 15 is 0 Å². The molecule has 3 nitrogen and oxygen atoms in total. The Morgan fingerprint density at radius 3 is 3.18 bits per heavy atom. The van der Waals surface area contributed by atoms with Crippen molar-refractivity contribution in [2.24, 2.45) is 0 Å². The predicted molar refractivity (Wildman–Crippen MR) is 42.9 cm³/mol. The van der Waals surface area contributed by atoms with Gasteiger partial charge in [-0.05, 0) is 13.0 Å². The van der Waals surface area contributed by atoms with Crippen molar-refractivity contribution < 1.29 is 4.42 Å². The highest BCUT2D eigenvalue weighted by molar-refractivity contribution is 7.18. The number of thiophene rings is 1. The number of fused-ring (bicyclic) bond motifs is 1. The van der Waals surface area contributed by atoms with Crippen LogP contribution in [0.1, 0.15) is 4.88 Å². The van der Waals surface area contributed by atoms with Crippen molar-refractivity contribution in [2.75, 3.05) is 0 Å². The van der Waals surface area contributed by atoms with Crippen molar-refractivity contribution in [1.82, 2.24) is 4.98 Å². The average Bonchev–Trinajstić information content (AvgIpc) is 2.31. The molecular weight excluding hydrogens is 162 g/mol. The highest BCUT2D eigenvalue weighted by Crippen LogP contribution is 2.18. The number of nitrogens with zero attached hydrogens (tertiary/aromatic N) is 1. The van der Waals surface area contributed by atoms with E-state index in [1.165, 1.54) is 17.7 Å². The summed E-state index contributed by atoms with van der Waals surface area (Å²) in [4.78, 5) is 16.7.